The second-order valence-corrected chi connectivity index (χ2v) is 6.47. The topological polar surface area (TPSA) is 62.0 Å². The van der Waals surface area contributed by atoms with Crippen LogP contribution in [0.3, 0.4) is 0 Å². The number of nitrogens with zero attached hydrogens (tertiary/aromatic N) is 2. The van der Waals surface area contributed by atoms with Crippen molar-refractivity contribution < 1.29 is 9.15 Å². The summed E-state index contributed by atoms with van der Waals surface area (Å²) in [4.78, 5) is 7.01. The number of guanidine groups is 1. The van der Waals surface area contributed by atoms with Crippen molar-refractivity contribution in [2.24, 2.45) is 4.99 Å². The maximum absolute atomic E-state index is 5.84. The van der Waals surface area contributed by atoms with E-state index in [1.54, 1.807) is 6.26 Å². The van der Waals surface area contributed by atoms with Gasteiger partial charge in [-0.15, -0.1) is 24.0 Å². The van der Waals surface area contributed by atoms with Gasteiger partial charge >= 0.3 is 0 Å². The van der Waals surface area contributed by atoms with E-state index in [1.165, 1.54) is 0 Å². The molecule has 2 aromatic rings. The Bertz CT molecular complexity index is 671. The molecule has 2 N–H and O–H groups in total. The van der Waals surface area contributed by atoms with E-state index in [0.29, 0.717) is 13.2 Å². The van der Waals surface area contributed by atoms with Gasteiger partial charge in [-0.25, -0.2) is 4.99 Å². The highest BCUT2D eigenvalue weighted by molar-refractivity contribution is 14.0. The fourth-order valence-electron chi connectivity index (χ4n) is 2.79. The number of rotatable bonds is 12. The first-order valence-electron chi connectivity index (χ1n) is 10.2. The molecular weight excluding hydrogens is 479 g/mol. The SMILES string of the molecule is CCNC(=NCc1ccc(OCCN(CC)CC)cc1)NCCc1ccco1.I. The molecule has 162 valence electrons. The van der Waals surface area contributed by atoms with E-state index in [2.05, 4.69) is 53.4 Å². The molecule has 1 heterocycles. The minimum atomic E-state index is 0. The van der Waals surface area contributed by atoms with Crippen molar-refractivity contribution in [3.63, 3.8) is 0 Å². The lowest BCUT2D eigenvalue weighted by Gasteiger charge is -2.18. The quantitative estimate of drug-likeness (QED) is 0.256. The highest BCUT2D eigenvalue weighted by Gasteiger charge is 2.02. The second kappa shape index (κ2) is 15.1. The van der Waals surface area contributed by atoms with Crippen LogP contribution in [0.5, 0.6) is 5.75 Å². The van der Waals surface area contributed by atoms with Crippen LogP contribution in [0.4, 0.5) is 0 Å². The fraction of sp³-hybridized carbons (Fsp3) is 0.500. The zero-order valence-corrected chi connectivity index (χ0v) is 20.1. The summed E-state index contributed by atoms with van der Waals surface area (Å²) in [5.41, 5.74) is 1.15. The van der Waals surface area contributed by atoms with Crippen molar-refractivity contribution in [2.45, 2.75) is 33.7 Å². The van der Waals surface area contributed by atoms with Crippen molar-refractivity contribution in [1.82, 2.24) is 15.5 Å². The zero-order valence-electron chi connectivity index (χ0n) is 17.8. The van der Waals surface area contributed by atoms with Crippen LogP contribution >= 0.6 is 24.0 Å². The number of hydrogen-bond donors (Lipinski definition) is 2. The molecular formula is C22H35IN4O2. The van der Waals surface area contributed by atoms with Gasteiger partial charge in [-0.3, -0.25) is 0 Å². The van der Waals surface area contributed by atoms with Crippen LogP contribution in [0.1, 0.15) is 32.1 Å². The Balaban J connectivity index is 0.00000420. The van der Waals surface area contributed by atoms with Crippen molar-refractivity contribution in [2.75, 3.05) is 39.3 Å². The lowest BCUT2D eigenvalue weighted by molar-refractivity contribution is 0.223. The molecule has 0 saturated carbocycles. The van der Waals surface area contributed by atoms with Crippen LogP contribution in [0.15, 0.2) is 52.1 Å². The van der Waals surface area contributed by atoms with E-state index in [9.17, 15) is 0 Å². The predicted molar refractivity (Wildman–Crippen MR) is 130 cm³/mol. The fourth-order valence-corrected chi connectivity index (χ4v) is 2.79. The molecule has 0 unspecified atom stereocenters. The maximum Gasteiger partial charge on any atom is 0.191 e. The number of aliphatic imine (C=N–C) groups is 1. The summed E-state index contributed by atoms with van der Waals surface area (Å²) >= 11 is 0. The van der Waals surface area contributed by atoms with Crippen LogP contribution in [-0.2, 0) is 13.0 Å². The number of hydrogen-bond acceptors (Lipinski definition) is 4. The molecule has 0 spiro atoms. The first-order valence-corrected chi connectivity index (χ1v) is 10.2. The Kier molecular flexibility index (Phi) is 13.2. The Morgan fingerprint density at radius 1 is 1.07 bits per heavy atom. The highest BCUT2D eigenvalue weighted by Crippen LogP contribution is 2.13. The third-order valence-corrected chi connectivity index (χ3v) is 4.50. The average molecular weight is 514 g/mol. The summed E-state index contributed by atoms with van der Waals surface area (Å²) < 4.78 is 11.2. The third kappa shape index (κ3) is 10.0. The Morgan fingerprint density at radius 3 is 2.45 bits per heavy atom. The lowest BCUT2D eigenvalue weighted by Crippen LogP contribution is -2.38. The Morgan fingerprint density at radius 2 is 1.83 bits per heavy atom. The van der Waals surface area contributed by atoms with Gasteiger partial charge in [0.1, 0.15) is 18.1 Å². The van der Waals surface area contributed by atoms with Crippen LogP contribution in [0, 0.1) is 0 Å². The molecule has 29 heavy (non-hydrogen) atoms. The van der Waals surface area contributed by atoms with Crippen LogP contribution in [0.2, 0.25) is 0 Å². The molecule has 0 aliphatic heterocycles. The van der Waals surface area contributed by atoms with Gasteiger partial charge in [0.2, 0.25) is 0 Å². The van der Waals surface area contributed by atoms with Gasteiger partial charge < -0.3 is 24.7 Å². The molecule has 2 rings (SSSR count). The first-order chi connectivity index (χ1) is 13.7. The summed E-state index contributed by atoms with van der Waals surface area (Å²) in [6.07, 6.45) is 2.53. The molecule has 0 saturated heterocycles. The standard InChI is InChI=1S/C22H34N4O2.HI/c1-4-23-22(24-14-13-20-8-7-16-27-20)25-18-19-9-11-21(12-10-19)28-17-15-26(5-2)6-3;/h7-12,16H,4-6,13-15,17-18H2,1-3H3,(H2,23,24,25);1H. The minimum Gasteiger partial charge on any atom is -0.492 e. The van der Waals surface area contributed by atoms with Crippen molar-refractivity contribution in [3.05, 3.63) is 54.0 Å². The molecule has 0 aliphatic rings. The summed E-state index contributed by atoms with van der Waals surface area (Å²) in [5.74, 6) is 2.69. The average Bonchev–Trinajstić information content (AvgIpc) is 3.24. The Hall–Kier alpha value is -1.74. The Labute approximate surface area is 192 Å². The molecule has 6 nitrogen and oxygen atoms in total. The second-order valence-electron chi connectivity index (χ2n) is 6.47. The van der Waals surface area contributed by atoms with Crippen LogP contribution < -0.4 is 15.4 Å². The van der Waals surface area contributed by atoms with E-state index in [0.717, 1.165) is 62.2 Å². The van der Waals surface area contributed by atoms with Crippen molar-refractivity contribution >= 4 is 29.9 Å². The van der Waals surface area contributed by atoms with Gasteiger partial charge in [0.25, 0.3) is 0 Å². The maximum atomic E-state index is 5.84. The van der Waals surface area contributed by atoms with Crippen LogP contribution in [-0.4, -0.2) is 50.2 Å². The van der Waals surface area contributed by atoms with Gasteiger partial charge in [-0.2, -0.15) is 0 Å². The molecule has 0 bridgehead atoms. The monoisotopic (exact) mass is 514 g/mol. The van der Waals surface area contributed by atoms with E-state index < -0.39 is 0 Å². The summed E-state index contributed by atoms with van der Waals surface area (Å²) in [7, 11) is 0. The van der Waals surface area contributed by atoms with Crippen molar-refractivity contribution in [3.8, 4) is 5.75 Å². The molecule has 7 heteroatoms. The minimum absolute atomic E-state index is 0. The van der Waals surface area contributed by atoms with E-state index in [4.69, 9.17) is 9.15 Å². The summed E-state index contributed by atoms with van der Waals surface area (Å²) in [6.45, 7) is 12.4. The van der Waals surface area contributed by atoms with Gasteiger partial charge in [0.05, 0.1) is 12.8 Å². The van der Waals surface area contributed by atoms with E-state index >= 15 is 0 Å². The van der Waals surface area contributed by atoms with E-state index in [-0.39, 0.29) is 24.0 Å². The number of likely N-dealkylation sites (N-methyl/N-ethyl adjacent to an activating group) is 1. The van der Waals surface area contributed by atoms with Gasteiger partial charge in [0, 0.05) is 26.1 Å². The highest BCUT2D eigenvalue weighted by atomic mass is 127. The smallest absolute Gasteiger partial charge is 0.191 e. The van der Waals surface area contributed by atoms with Gasteiger partial charge in [0.15, 0.2) is 5.96 Å². The molecule has 0 amide bonds. The largest absolute Gasteiger partial charge is 0.492 e. The van der Waals surface area contributed by atoms with E-state index in [1.807, 2.05) is 24.3 Å². The molecule has 1 aromatic carbocycles. The van der Waals surface area contributed by atoms with Gasteiger partial charge in [-0.1, -0.05) is 26.0 Å². The molecule has 0 aliphatic carbocycles. The number of nitrogens with one attached hydrogen (secondary N) is 2. The zero-order chi connectivity index (χ0) is 20.0. The normalized spacial score (nSPS) is 11.2. The number of furan rings is 1. The summed E-state index contributed by atoms with van der Waals surface area (Å²) in [5, 5.41) is 6.61. The molecule has 0 atom stereocenters. The molecule has 0 radical (unpaired) electrons. The molecule has 1 aromatic heterocycles. The summed E-state index contributed by atoms with van der Waals surface area (Å²) in [6, 6.07) is 12.1. The molecule has 0 fully saturated rings. The lowest BCUT2D eigenvalue weighted by atomic mass is 10.2. The van der Waals surface area contributed by atoms with Crippen molar-refractivity contribution in [1.29, 1.82) is 0 Å². The third-order valence-electron chi connectivity index (χ3n) is 4.50. The number of halogens is 1. The van der Waals surface area contributed by atoms with Crippen LogP contribution in [0.25, 0.3) is 0 Å². The number of benzene rings is 1. The number of ether oxygens (including phenoxy) is 1. The first kappa shape index (κ1) is 25.3. The van der Waals surface area contributed by atoms with Gasteiger partial charge in [-0.05, 0) is 49.8 Å². The predicted octanol–water partition coefficient (Wildman–Crippen LogP) is 3.92.